The molecular formula is C12H9F3N4S. The summed E-state index contributed by atoms with van der Waals surface area (Å²) in [6.07, 6.45) is -1.22. The molecule has 1 unspecified atom stereocenters. The lowest BCUT2D eigenvalue weighted by molar-refractivity contribution is -0.137. The van der Waals surface area contributed by atoms with E-state index in [4.69, 9.17) is 17.5 Å². The average Bonchev–Trinajstić information content (AvgIpc) is 2.91. The molecule has 3 N–H and O–H groups in total. The Morgan fingerprint density at radius 2 is 2.15 bits per heavy atom. The SMILES string of the molecule is N#Cc1ccc(NC(=S)C2C=CNN2)cc1C(F)(F)F. The minimum absolute atomic E-state index is 0.184. The van der Waals surface area contributed by atoms with E-state index in [9.17, 15) is 13.2 Å². The maximum atomic E-state index is 12.8. The van der Waals surface area contributed by atoms with Crippen molar-refractivity contribution in [2.45, 2.75) is 12.2 Å². The Hall–Kier alpha value is -2.11. The van der Waals surface area contributed by atoms with E-state index in [0.29, 0.717) is 4.99 Å². The number of benzene rings is 1. The van der Waals surface area contributed by atoms with Crippen LogP contribution in [0.1, 0.15) is 11.1 Å². The van der Waals surface area contributed by atoms with Crippen LogP contribution in [-0.2, 0) is 6.18 Å². The van der Waals surface area contributed by atoms with E-state index in [-0.39, 0.29) is 11.7 Å². The van der Waals surface area contributed by atoms with Gasteiger partial charge in [0, 0.05) is 11.9 Å². The Labute approximate surface area is 118 Å². The summed E-state index contributed by atoms with van der Waals surface area (Å²) in [6.45, 7) is 0. The highest BCUT2D eigenvalue weighted by Gasteiger charge is 2.34. The highest BCUT2D eigenvalue weighted by Crippen LogP contribution is 2.33. The fourth-order valence-electron chi connectivity index (χ4n) is 1.66. The van der Waals surface area contributed by atoms with E-state index >= 15 is 0 Å². The zero-order valence-electron chi connectivity index (χ0n) is 9.95. The van der Waals surface area contributed by atoms with Crippen molar-refractivity contribution in [3.8, 4) is 6.07 Å². The van der Waals surface area contributed by atoms with Crippen molar-refractivity contribution < 1.29 is 13.2 Å². The van der Waals surface area contributed by atoms with Crippen molar-refractivity contribution in [2.75, 3.05) is 5.32 Å². The van der Waals surface area contributed by atoms with Gasteiger partial charge in [-0.25, -0.2) is 5.43 Å². The Morgan fingerprint density at radius 1 is 1.40 bits per heavy atom. The molecule has 0 saturated heterocycles. The van der Waals surface area contributed by atoms with Crippen molar-refractivity contribution in [1.29, 1.82) is 5.26 Å². The van der Waals surface area contributed by atoms with Crippen LogP contribution in [0.15, 0.2) is 30.5 Å². The third-order valence-electron chi connectivity index (χ3n) is 2.61. The topological polar surface area (TPSA) is 59.9 Å². The summed E-state index contributed by atoms with van der Waals surface area (Å²) >= 11 is 5.08. The number of nitrogens with one attached hydrogen (secondary N) is 3. The van der Waals surface area contributed by atoms with Gasteiger partial charge in [-0.15, -0.1) is 0 Å². The molecule has 1 aromatic rings. The summed E-state index contributed by atoms with van der Waals surface area (Å²) in [7, 11) is 0. The third kappa shape index (κ3) is 3.07. The lowest BCUT2D eigenvalue weighted by Gasteiger charge is -2.15. The molecule has 0 spiro atoms. The summed E-state index contributed by atoms with van der Waals surface area (Å²) in [6, 6.07) is 4.60. The fraction of sp³-hybridized carbons (Fsp3) is 0.167. The van der Waals surface area contributed by atoms with E-state index in [1.54, 1.807) is 12.3 Å². The average molecular weight is 298 g/mol. The van der Waals surface area contributed by atoms with Crippen molar-refractivity contribution in [3.05, 3.63) is 41.6 Å². The smallest absolute Gasteiger partial charge is 0.348 e. The zero-order valence-corrected chi connectivity index (χ0v) is 10.8. The van der Waals surface area contributed by atoms with Gasteiger partial charge in [-0.3, -0.25) is 0 Å². The fourth-order valence-corrected chi connectivity index (χ4v) is 1.91. The molecule has 8 heteroatoms. The van der Waals surface area contributed by atoms with Gasteiger partial charge in [0.25, 0.3) is 0 Å². The summed E-state index contributed by atoms with van der Waals surface area (Å²) in [4.78, 5) is 0.323. The molecule has 1 heterocycles. The monoisotopic (exact) mass is 298 g/mol. The number of hydrogen-bond acceptors (Lipinski definition) is 4. The minimum Gasteiger partial charge on any atom is -0.348 e. The van der Waals surface area contributed by atoms with Crippen LogP contribution in [0.2, 0.25) is 0 Å². The lowest BCUT2D eigenvalue weighted by Crippen LogP contribution is -2.39. The van der Waals surface area contributed by atoms with E-state index in [2.05, 4.69) is 16.2 Å². The van der Waals surface area contributed by atoms with Crippen LogP contribution < -0.4 is 16.2 Å². The zero-order chi connectivity index (χ0) is 14.8. The van der Waals surface area contributed by atoms with Gasteiger partial charge >= 0.3 is 6.18 Å². The Kier molecular flexibility index (Phi) is 3.92. The molecule has 0 bridgehead atoms. The standard InChI is InChI=1S/C12H9F3N4S/c13-12(14,15)9-5-8(2-1-7(9)6-16)18-11(20)10-3-4-17-19-10/h1-5,10,17,19H,(H,18,20). The number of hydrogen-bond donors (Lipinski definition) is 3. The molecule has 20 heavy (non-hydrogen) atoms. The van der Waals surface area contributed by atoms with Gasteiger partial charge in [-0.05, 0) is 24.3 Å². The van der Waals surface area contributed by atoms with Gasteiger partial charge in [-0.2, -0.15) is 18.4 Å². The normalized spacial score (nSPS) is 17.4. The van der Waals surface area contributed by atoms with Crippen molar-refractivity contribution in [2.24, 2.45) is 0 Å². The largest absolute Gasteiger partial charge is 0.417 e. The van der Waals surface area contributed by atoms with Crippen LogP contribution in [-0.4, -0.2) is 11.0 Å². The number of hydrazine groups is 1. The second kappa shape index (κ2) is 5.48. The summed E-state index contributed by atoms with van der Waals surface area (Å²) in [5, 5.41) is 11.4. The van der Waals surface area contributed by atoms with E-state index in [0.717, 1.165) is 12.1 Å². The first kappa shape index (κ1) is 14.3. The molecule has 0 aliphatic carbocycles. The van der Waals surface area contributed by atoms with Gasteiger partial charge in [-0.1, -0.05) is 12.2 Å². The first-order valence-electron chi connectivity index (χ1n) is 5.52. The number of nitrogens with zero attached hydrogens (tertiary/aromatic N) is 1. The molecule has 0 saturated carbocycles. The molecule has 1 aliphatic rings. The molecule has 1 aromatic carbocycles. The molecule has 2 rings (SSSR count). The quantitative estimate of drug-likeness (QED) is 0.731. The maximum absolute atomic E-state index is 12.8. The lowest BCUT2D eigenvalue weighted by atomic mass is 10.1. The van der Waals surface area contributed by atoms with Crippen LogP contribution in [0.4, 0.5) is 18.9 Å². The molecule has 1 aliphatic heterocycles. The molecular weight excluding hydrogens is 289 g/mol. The van der Waals surface area contributed by atoms with Crippen molar-refractivity contribution >= 4 is 22.9 Å². The second-order valence-electron chi connectivity index (χ2n) is 3.98. The number of nitriles is 1. The van der Waals surface area contributed by atoms with Crippen LogP contribution >= 0.6 is 12.2 Å². The van der Waals surface area contributed by atoms with Crippen molar-refractivity contribution in [1.82, 2.24) is 10.9 Å². The van der Waals surface area contributed by atoms with Gasteiger partial charge in [0.15, 0.2) is 0 Å². The number of alkyl halides is 3. The highest BCUT2D eigenvalue weighted by molar-refractivity contribution is 7.80. The number of anilines is 1. The van der Waals surface area contributed by atoms with Gasteiger partial charge in [0.1, 0.15) is 4.99 Å². The Morgan fingerprint density at radius 3 is 2.70 bits per heavy atom. The summed E-state index contributed by atoms with van der Waals surface area (Å²) in [5.74, 6) is 0. The predicted octanol–water partition coefficient (Wildman–Crippen LogP) is 2.31. The van der Waals surface area contributed by atoms with Crippen LogP contribution in [0.25, 0.3) is 0 Å². The van der Waals surface area contributed by atoms with Crippen molar-refractivity contribution in [3.63, 3.8) is 0 Å². The minimum atomic E-state index is -4.59. The summed E-state index contributed by atoms with van der Waals surface area (Å²) in [5.41, 5.74) is 4.29. The Balaban J connectivity index is 2.23. The summed E-state index contributed by atoms with van der Waals surface area (Å²) < 4.78 is 38.4. The first-order valence-corrected chi connectivity index (χ1v) is 5.92. The highest BCUT2D eigenvalue weighted by atomic mass is 32.1. The molecule has 104 valence electrons. The third-order valence-corrected chi connectivity index (χ3v) is 2.96. The number of thiocarbonyl (C=S) groups is 1. The van der Waals surface area contributed by atoms with Crippen LogP contribution in [0, 0.1) is 11.3 Å². The predicted molar refractivity (Wildman–Crippen MR) is 71.6 cm³/mol. The van der Waals surface area contributed by atoms with Gasteiger partial charge in [0.05, 0.1) is 23.2 Å². The molecule has 0 aromatic heterocycles. The van der Waals surface area contributed by atoms with Crippen LogP contribution in [0.5, 0.6) is 0 Å². The van der Waals surface area contributed by atoms with E-state index in [1.807, 2.05) is 0 Å². The maximum Gasteiger partial charge on any atom is 0.417 e. The number of halogens is 3. The van der Waals surface area contributed by atoms with Gasteiger partial charge in [0.2, 0.25) is 0 Å². The Bertz CT molecular complexity index is 604. The van der Waals surface area contributed by atoms with E-state index < -0.39 is 17.3 Å². The van der Waals surface area contributed by atoms with E-state index in [1.165, 1.54) is 12.1 Å². The molecule has 1 atom stereocenters. The number of rotatable bonds is 2. The van der Waals surface area contributed by atoms with Gasteiger partial charge < -0.3 is 10.7 Å². The molecule has 0 fully saturated rings. The van der Waals surface area contributed by atoms with Crippen LogP contribution in [0.3, 0.4) is 0 Å². The second-order valence-corrected chi connectivity index (χ2v) is 4.42. The molecule has 0 radical (unpaired) electrons. The first-order chi connectivity index (χ1) is 9.41. The molecule has 0 amide bonds. The molecule has 4 nitrogen and oxygen atoms in total.